The van der Waals surface area contributed by atoms with Crippen LogP contribution in [-0.2, 0) is 14.3 Å². The molecule has 0 saturated carbocycles. The van der Waals surface area contributed by atoms with E-state index in [0.29, 0.717) is 5.75 Å². The Morgan fingerprint density at radius 1 is 1.39 bits per heavy atom. The maximum atomic E-state index is 11.2. The number of likely N-dealkylation sites (N-methyl/N-ethyl adjacent to an activating group) is 1. The Bertz CT molecular complexity index is 422. The largest absolute Gasteiger partial charge is 0.493 e. The smallest absolute Gasteiger partial charge is 0.309 e. The van der Waals surface area contributed by atoms with E-state index in [1.54, 1.807) is 12.1 Å². The van der Waals surface area contributed by atoms with Crippen molar-refractivity contribution in [2.45, 2.75) is 6.42 Å². The summed E-state index contributed by atoms with van der Waals surface area (Å²) in [5.41, 5.74) is 0. The molecular weight excluding hydrogens is 302 g/mol. The van der Waals surface area contributed by atoms with Gasteiger partial charge in [0.2, 0.25) is 0 Å². The number of hydrogen-bond acceptors (Lipinski definition) is 4. The Morgan fingerprint density at radius 3 is 2.83 bits per heavy atom. The van der Waals surface area contributed by atoms with Gasteiger partial charge in [-0.2, -0.15) is 0 Å². The molecule has 5 nitrogen and oxygen atoms in total. The number of carbonyl (C=O) groups is 2. The molecule has 0 radical (unpaired) electrons. The predicted octanol–water partition coefficient (Wildman–Crippen LogP) is 1.51. The van der Waals surface area contributed by atoms with Gasteiger partial charge in [-0.3, -0.25) is 9.59 Å². The predicted molar refractivity (Wildman–Crippen MR) is 69.3 cm³/mol. The lowest BCUT2D eigenvalue weighted by molar-refractivity contribution is -0.148. The highest BCUT2D eigenvalue weighted by Gasteiger charge is 2.06. The summed E-state index contributed by atoms with van der Waals surface area (Å²) in [6.45, 7) is -0.0464. The lowest BCUT2D eigenvalue weighted by atomic mass is 10.3. The zero-order valence-corrected chi connectivity index (χ0v) is 11.5. The molecular formula is C12H14BrNO4. The van der Waals surface area contributed by atoms with Gasteiger partial charge in [-0.05, 0) is 18.2 Å². The maximum Gasteiger partial charge on any atom is 0.309 e. The lowest BCUT2D eigenvalue weighted by Crippen LogP contribution is -2.25. The molecule has 0 aliphatic carbocycles. The average Bonchev–Trinajstić information content (AvgIpc) is 2.36. The van der Waals surface area contributed by atoms with Crippen molar-refractivity contribution < 1.29 is 19.1 Å². The van der Waals surface area contributed by atoms with E-state index in [1.807, 2.05) is 12.1 Å². The van der Waals surface area contributed by atoms with Crippen LogP contribution in [-0.4, -0.2) is 32.1 Å². The summed E-state index contributed by atoms with van der Waals surface area (Å²) in [4.78, 5) is 22.1. The molecule has 1 amide bonds. The molecule has 0 fully saturated rings. The molecule has 0 bridgehead atoms. The van der Waals surface area contributed by atoms with E-state index in [1.165, 1.54) is 7.05 Å². The van der Waals surface area contributed by atoms with Crippen molar-refractivity contribution in [3.05, 3.63) is 28.7 Å². The van der Waals surface area contributed by atoms with Gasteiger partial charge >= 0.3 is 5.97 Å². The number of carbonyl (C=O) groups excluding carboxylic acids is 2. The Hall–Kier alpha value is -1.56. The normalized spacial score (nSPS) is 9.67. The van der Waals surface area contributed by atoms with E-state index >= 15 is 0 Å². The number of amides is 1. The zero-order chi connectivity index (χ0) is 13.4. The average molecular weight is 316 g/mol. The minimum atomic E-state index is -0.464. The molecule has 0 saturated heterocycles. The van der Waals surface area contributed by atoms with Gasteiger partial charge in [0, 0.05) is 11.5 Å². The maximum absolute atomic E-state index is 11.2. The monoisotopic (exact) mass is 315 g/mol. The number of hydrogen-bond donors (Lipinski definition) is 1. The fraction of sp³-hybridized carbons (Fsp3) is 0.333. The number of esters is 1. The molecule has 0 aliphatic rings. The van der Waals surface area contributed by atoms with Gasteiger partial charge in [-0.15, -0.1) is 0 Å². The lowest BCUT2D eigenvalue weighted by Gasteiger charge is -2.06. The number of halogens is 1. The van der Waals surface area contributed by atoms with Crippen molar-refractivity contribution in [2.24, 2.45) is 0 Å². The van der Waals surface area contributed by atoms with E-state index < -0.39 is 5.97 Å². The Balaban J connectivity index is 2.21. The fourth-order valence-corrected chi connectivity index (χ4v) is 1.48. The molecule has 0 aromatic heterocycles. The Labute approximate surface area is 114 Å². The fourth-order valence-electron chi connectivity index (χ4n) is 1.10. The quantitative estimate of drug-likeness (QED) is 0.808. The van der Waals surface area contributed by atoms with E-state index in [2.05, 4.69) is 21.2 Å². The summed E-state index contributed by atoms with van der Waals surface area (Å²) >= 11 is 3.32. The van der Waals surface area contributed by atoms with Crippen LogP contribution in [0.5, 0.6) is 5.75 Å². The van der Waals surface area contributed by atoms with Crippen molar-refractivity contribution in [3.8, 4) is 5.75 Å². The van der Waals surface area contributed by atoms with Crippen LogP contribution in [0.25, 0.3) is 0 Å². The second-order valence-electron chi connectivity index (χ2n) is 3.39. The van der Waals surface area contributed by atoms with Gasteiger partial charge in [-0.1, -0.05) is 22.0 Å². The van der Waals surface area contributed by atoms with Gasteiger partial charge < -0.3 is 14.8 Å². The SMILES string of the molecule is CNC(=O)COC(=O)CCOc1cccc(Br)c1. The zero-order valence-electron chi connectivity index (χ0n) is 9.94. The van der Waals surface area contributed by atoms with Gasteiger partial charge in [0.15, 0.2) is 6.61 Å². The Kier molecular flexibility index (Phi) is 6.21. The summed E-state index contributed by atoms with van der Waals surface area (Å²) in [6.07, 6.45) is 0.101. The molecule has 0 aliphatic heterocycles. The number of benzene rings is 1. The molecule has 0 unspecified atom stereocenters. The molecule has 0 atom stereocenters. The summed E-state index contributed by atoms with van der Waals surface area (Å²) in [5, 5.41) is 2.36. The topological polar surface area (TPSA) is 64.6 Å². The first-order valence-corrected chi connectivity index (χ1v) is 6.15. The van der Waals surface area contributed by atoms with Gasteiger partial charge in [0.25, 0.3) is 5.91 Å². The van der Waals surface area contributed by atoms with E-state index in [4.69, 9.17) is 9.47 Å². The van der Waals surface area contributed by atoms with Crippen molar-refractivity contribution in [3.63, 3.8) is 0 Å². The van der Waals surface area contributed by atoms with Crippen molar-refractivity contribution >= 4 is 27.8 Å². The highest BCUT2D eigenvalue weighted by molar-refractivity contribution is 9.10. The first-order chi connectivity index (χ1) is 8.61. The summed E-state index contributed by atoms with van der Waals surface area (Å²) in [7, 11) is 1.48. The van der Waals surface area contributed by atoms with E-state index in [0.717, 1.165) is 4.47 Å². The van der Waals surface area contributed by atoms with Gasteiger partial charge in [0.1, 0.15) is 5.75 Å². The van der Waals surface area contributed by atoms with Crippen molar-refractivity contribution in [2.75, 3.05) is 20.3 Å². The van der Waals surface area contributed by atoms with E-state index in [9.17, 15) is 9.59 Å². The second-order valence-corrected chi connectivity index (χ2v) is 4.31. The first kappa shape index (κ1) is 14.5. The highest BCUT2D eigenvalue weighted by atomic mass is 79.9. The summed E-state index contributed by atoms with van der Waals surface area (Å²) in [5.74, 6) is -0.131. The van der Waals surface area contributed by atoms with Crippen LogP contribution in [0.2, 0.25) is 0 Å². The summed E-state index contributed by atoms with van der Waals surface area (Å²) < 4.78 is 11.0. The van der Waals surface area contributed by atoms with Gasteiger partial charge in [-0.25, -0.2) is 0 Å². The third-order valence-electron chi connectivity index (χ3n) is 2.01. The van der Waals surface area contributed by atoms with Crippen LogP contribution >= 0.6 is 15.9 Å². The van der Waals surface area contributed by atoms with Gasteiger partial charge in [0.05, 0.1) is 13.0 Å². The first-order valence-electron chi connectivity index (χ1n) is 5.36. The summed E-state index contributed by atoms with van der Waals surface area (Å²) in [6, 6.07) is 7.31. The molecule has 1 rings (SSSR count). The van der Waals surface area contributed by atoms with Crippen LogP contribution in [0.15, 0.2) is 28.7 Å². The third kappa shape index (κ3) is 5.67. The molecule has 6 heteroatoms. The molecule has 1 aromatic rings. The highest BCUT2D eigenvalue weighted by Crippen LogP contribution is 2.17. The van der Waals surface area contributed by atoms with Crippen LogP contribution in [0.4, 0.5) is 0 Å². The van der Waals surface area contributed by atoms with Crippen LogP contribution in [0.3, 0.4) is 0 Å². The number of nitrogens with one attached hydrogen (secondary N) is 1. The standard InChI is InChI=1S/C12H14BrNO4/c1-14-11(15)8-18-12(16)5-6-17-10-4-2-3-9(13)7-10/h2-4,7H,5-6,8H2,1H3,(H,14,15). The van der Waals surface area contributed by atoms with E-state index in [-0.39, 0.29) is 25.5 Å². The minimum Gasteiger partial charge on any atom is -0.493 e. The molecule has 98 valence electrons. The van der Waals surface area contributed by atoms with Crippen LogP contribution < -0.4 is 10.1 Å². The molecule has 0 heterocycles. The molecule has 1 aromatic carbocycles. The Morgan fingerprint density at radius 2 is 2.17 bits per heavy atom. The third-order valence-corrected chi connectivity index (χ3v) is 2.51. The number of ether oxygens (including phenoxy) is 2. The molecule has 18 heavy (non-hydrogen) atoms. The van der Waals surface area contributed by atoms with Crippen LogP contribution in [0, 0.1) is 0 Å². The molecule has 1 N–H and O–H groups in total. The van der Waals surface area contributed by atoms with Crippen molar-refractivity contribution in [1.29, 1.82) is 0 Å². The van der Waals surface area contributed by atoms with Crippen LogP contribution in [0.1, 0.15) is 6.42 Å². The second kappa shape index (κ2) is 7.71. The van der Waals surface area contributed by atoms with Crippen molar-refractivity contribution in [1.82, 2.24) is 5.32 Å². The molecule has 0 spiro atoms. The number of rotatable bonds is 6. The minimum absolute atomic E-state index is 0.101.